The number of benzene rings is 8. The molecule has 0 atom stereocenters. The van der Waals surface area contributed by atoms with Crippen molar-refractivity contribution < 1.29 is 28.9 Å². The molecule has 0 N–H and O–H groups in total. The summed E-state index contributed by atoms with van der Waals surface area (Å²) in [7, 11) is 0. The average Bonchev–Trinajstić information content (AvgIpc) is 4.19. The van der Waals surface area contributed by atoms with Crippen LogP contribution in [-0.2, 0) is 36.4 Å². The Labute approximate surface area is 475 Å². The summed E-state index contributed by atoms with van der Waals surface area (Å²) >= 11 is 0. The number of rotatable bonds is 8. The first-order chi connectivity index (χ1) is 36.6. The number of pyridine rings is 1. The number of hydrogen-bond acceptors (Lipinski definition) is 3. The predicted octanol–water partition coefficient (Wildman–Crippen LogP) is 20.2. The number of furan rings is 1. The Morgan fingerprint density at radius 2 is 1.10 bits per heavy atom. The van der Waals surface area contributed by atoms with Gasteiger partial charge < -0.3 is 14.0 Å². The molecule has 0 saturated carbocycles. The Bertz CT molecular complexity index is 3840. The second-order valence-corrected chi connectivity index (χ2v) is 24.3. The van der Waals surface area contributed by atoms with Crippen LogP contribution in [-0.4, -0.2) is 14.5 Å². The number of hydrogen-bond donors (Lipinski definition) is 0. The normalized spacial score (nSPS) is 12.1. The molecular formula is C72H70FIrN3O-2. The first-order valence-corrected chi connectivity index (χ1v) is 27.1. The zero-order valence-electron chi connectivity index (χ0n) is 47.4. The predicted molar refractivity (Wildman–Crippen MR) is 322 cm³/mol. The molecule has 78 heavy (non-hydrogen) atoms. The molecule has 3 aromatic heterocycles. The second kappa shape index (κ2) is 21.9. The molecule has 397 valence electrons. The van der Waals surface area contributed by atoms with Crippen LogP contribution in [0.3, 0.4) is 0 Å². The van der Waals surface area contributed by atoms with Gasteiger partial charge in [-0.2, -0.15) is 0 Å². The molecule has 0 aliphatic carbocycles. The van der Waals surface area contributed by atoms with Gasteiger partial charge in [0.1, 0.15) is 5.58 Å². The van der Waals surface area contributed by atoms with E-state index in [0.29, 0.717) is 0 Å². The van der Waals surface area contributed by atoms with Gasteiger partial charge >= 0.3 is 0 Å². The van der Waals surface area contributed by atoms with Crippen LogP contribution < -0.4 is 0 Å². The van der Waals surface area contributed by atoms with Crippen LogP contribution in [0.5, 0.6) is 0 Å². The summed E-state index contributed by atoms with van der Waals surface area (Å²) in [5.74, 6) is 1.03. The number of halogens is 1. The molecule has 0 bridgehead atoms. The van der Waals surface area contributed by atoms with Crippen LogP contribution in [0.2, 0.25) is 0 Å². The largest absolute Gasteiger partial charge is 0.501 e. The second-order valence-electron chi connectivity index (χ2n) is 24.3. The van der Waals surface area contributed by atoms with E-state index in [1.54, 1.807) is 6.07 Å². The zero-order chi connectivity index (χ0) is 54.6. The van der Waals surface area contributed by atoms with Crippen LogP contribution in [0, 0.1) is 17.9 Å². The van der Waals surface area contributed by atoms with Crippen LogP contribution in [0.4, 0.5) is 4.39 Å². The van der Waals surface area contributed by atoms with Crippen molar-refractivity contribution in [1.82, 2.24) is 14.5 Å². The van der Waals surface area contributed by atoms with Crippen LogP contribution in [0.15, 0.2) is 180 Å². The summed E-state index contributed by atoms with van der Waals surface area (Å²) in [5.41, 5.74) is 21.2. The molecule has 0 saturated heterocycles. The Morgan fingerprint density at radius 3 is 1.67 bits per heavy atom. The molecule has 3 heterocycles. The fourth-order valence-electron chi connectivity index (χ4n) is 10.2. The monoisotopic (exact) mass is 1200 g/mol. The molecule has 1 radical (unpaired) electrons. The van der Waals surface area contributed by atoms with E-state index in [1.807, 2.05) is 24.4 Å². The third-order valence-electron chi connectivity index (χ3n) is 14.9. The molecule has 0 aliphatic rings. The summed E-state index contributed by atoms with van der Waals surface area (Å²) in [6.07, 6.45) is 1.87. The van der Waals surface area contributed by atoms with Crippen LogP contribution >= 0.6 is 0 Å². The van der Waals surface area contributed by atoms with Crippen molar-refractivity contribution in [3.8, 4) is 61.7 Å². The van der Waals surface area contributed by atoms with Gasteiger partial charge in [-0.1, -0.05) is 210 Å². The van der Waals surface area contributed by atoms with Crippen molar-refractivity contribution in [3.05, 3.63) is 222 Å². The molecular weight excluding hydrogens is 1130 g/mol. The fourth-order valence-corrected chi connectivity index (χ4v) is 10.2. The summed E-state index contributed by atoms with van der Waals surface area (Å²) < 4.78 is 22.0. The molecule has 0 unspecified atom stereocenters. The molecule has 0 amide bonds. The average molecular weight is 1200 g/mol. The minimum Gasteiger partial charge on any atom is -0.501 e. The van der Waals surface area contributed by atoms with Crippen molar-refractivity contribution in [2.45, 2.75) is 118 Å². The van der Waals surface area contributed by atoms with E-state index >= 15 is 0 Å². The molecule has 8 aromatic carbocycles. The van der Waals surface area contributed by atoms with E-state index in [-0.39, 0.29) is 54.0 Å². The Hall–Kier alpha value is -7.24. The van der Waals surface area contributed by atoms with Gasteiger partial charge in [0.15, 0.2) is 0 Å². The van der Waals surface area contributed by atoms with E-state index in [0.717, 1.165) is 66.7 Å². The number of imidazole rings is 1. The van der Waals surface area contributed by atoms with E-state index in [1.165, 1.54) is 67.9 Å². The smallest absolute Gasteiger partial charge is 0.121 e. The van der Waals surface area contributed by atoms with Gasteiger partial charge in [-0.15, -0.1) is 48.0 Å². The Kier molecular flexibility index (Phi) is 15.6. The zero-order valence-corrected chi connectivity index (χ0v) is 49.8. The van der Waals surface area contributed by atoms with E-state index < -0.39 is 0 Å². The third kappa shape index (κ3) is 11.4. The summed E-state index contributed by atoms with van der Waals surface area (Å²) in [6.45, 7) is 29.5. The van der Waals surface area contributed by atoms with Crippen molar-refractivity contribution in [1.29, 1.82) is 0 Å². The molecule has 4 nitrogen and oxygen atoms in total. The minimum atomic E-state index is -0.278. The minimum absolute atomic E-state index is 0. The number of fused-ring (bicyclic) bond motifs is 4. The van der Waals surface area contributed by atoms with Gasteiger partial charge in [0.25, 0.3) is 0 Å². The van der Waals surface area contributed by atoms with E-state index in [2.05, 4.69) is 245 Å². The summed E-state index contributed by atoms with van der Waals surface area (Å²) in [6, 6.07) is 65.7. The Morgan fingerprint density at radius 1 is 0.526 bits per heavy atom. The summed E-state index contributed by atoms with van der Waals surface area (Å²) in [5, 5.41) is 2.14. The number of aromatic nitrogens is 3. The maximum Gasteiger partial charge on any atom is 0.121 e. The third-order valence-corrected chi connectivity index (χ3v) is 14.9. The molecule has 6 heteroatoms. The molecule has 11 rings (SSSR count). The van der Waals surface area contributed by atoms with Gasteiger partial charge in [0.2, 0.25) is 0 Å². The first kappa shape index (κ1) is 55.5. The fraction of sp³-hybridized carbons (Fsp3) is 0.250. The summed E-state index contributed by atoms with van der Waals surface area (Å²) in [4.78, 5) is 9.77. The maximum atomic E-state index is 12.8. The van der Waals surface area contributed by atoms with Gasteiger partial charge in [0.05, 0.1) is 22.4 Å². The van der Waals surface area contributed by atoms with Crippen LogP contribution in [0.25, 0.3) is 94.7 Å². The van der Waals surface area contributed by atoms with Crippen molar-refractivity contribution in [3.63, 3.8) is 0 Å². The maximum absolute atomic E-state index is 12.8. The topological polar surface area (TPSA) is 43.9 Å². The van der Waals surface area contributed by atoms with Crippen LogP contribution in [0.1, 0.15) is 130 Å². The van der Waals surface area contributed by atoms with Crippen molar-refractivity contribution >= 4 is 33.0 Å². The van der Waals surface area contributed by atoms with Gasteiger partial charge in [-0.3, -0.25) is 9.37 Å². The SMILES string of the molecule is CC(C)(C)c1ccc(-c2[c-]cc(F)cc2)nc1.CC(C)c1cc(-c2ccc(-c3cc(C(C)(C)C)cc(C(C)(C)C)c3)cc2)cc(C(C)C)c1-n1c(-c2[c-]ccc3c2oc2cc(-c4ccccc4)ccc23)nc2ccccc21.[Ir]. The first-order valence-electron chi connectivity index (χ1n) is 27.1. The van der Waals surface area contributed by atoms with Gasteiger partial charge in [0, 0.05) is 43.2 Å². The van der Waals surface area contributed by atoms with Crippen molar-refractivity contribution in [2.24, 2.45) is 0 Å². The van der Waals surface area contributed by atoms with Gasteiger partial charge in [-0.05, 0) is 125 Å². The standard InChI is InChI=1S/C57H55N2O.C15H15FN.Ir/c1-35(2)48-31-42(39-25-23-38(24-26-39)41-29-43(56(5,6)7)34-44(30-41)57(8,9)10)32-49(36(3)4)53(48)59-51-22-15-14-21-50(51)58-55(59)47-20-16-19-46-45-28-27-40(33-52(45)60-54(46)47)37-17-12-11-13-18-37;1-15(2,3)12-6-9-14(17-10-12)11-4-7-13(16)8-5-11;/h11-19,21-36H,1-10H3;4,6-10H,1-3H3;/q2*-1;. The number of nitrogens with zero attached hydrogens (tertiary/aromatic N) is 3. The van der Waals surface area contributed by atoms with E-state index in [4.69, 9.17) is 9.40 Å². The van der Waals surface area contributed by atoms with E-state index in [9.17, 15) is 4.39 Å². The van der Waals surface area contributed by atoms with Crippen molar-refractivity contribution in [2.75, 3.05) is 0 Å². The molecule has 0 spiro atoms. The molecule has 0 aliphatic heterocycles. The van der Waals surface area contributed by atoms with Gasteiger partial charge in [-0.25, -0.2) is 0 Å². The molecule has 11 aromatic rings. The number of para-hydroxylation sites is 2. The Balaban J connectivity index is 0.000000350. The quantitative estimate of drug-likeness (QED) is 0.142. The molecule has 0 fully saturated rings.